The fourth-order valence-electron chi connectivity index (χ4n) is 3.02. The molecule has 0 radical (unpaired) electrons. The van der Waals surface area contributed by atoms with Gasteiger partial charge in [0.05, 0.1) is 7.11 Å². The average Bonchev–Trinajstić information content (AvgIpc) is 2.73. The van der Waals surface area contributed by atoms with E-state index in [0.717, 1.165) is 0 Å². The number of hydrogen-bond donors (Lipinski definition) is 0. The number of carbonyl (C=O) groups excluding carboxylic acids is 2. The third kappa shape index (κ3) is 4.36. The van der Waals surface area contributed by atoms with Crippen LogP contribution in [0.25, 0.3) is 0 Å². The molecule has 0 aromatic heterocycles. The van der Waals surface area contributed by atoms with Crippen molar-refractivity contribution in [1.82, 2.24) is 9.80 Å². The zero-order valence-electron chi connectivity index (χ0n) is 15.4. The van der Waals surface area contributed by atoms with Crippen molar-refractivity contribution in [3.8, 4) is 5.75 Å². The van der Waals surface area contributed by atoms with E-state index in [2.05, 4.69) is 0 Å². The van der Waals surface area contributed by atoms with E-state index in [-0.39, 0.29) is 11.8 Å². The summed E-state index contributed by atoms with van der Waals surface area (Å²) in [6.45, 7) is 1.93. The Morgan fingerprint density at radius 1 is 0.889 bits per heavy atom. The summed E-state index contributed by atoms with van der Waals surface area (Å²) in [5.74, 6) is 0.513. The van der Waals surface area contributed by atoms with E-state index in [1.54, 1.807) is 71.7 Å². The third-order valence-corrected chi connectivity index (χ3v) is 5.54. The molecule has 1 saturated heterocycles. The Bertz CT molecular complexity index is 859. The predicted molar refractivity (Wildman–Crippen MR) is 104 cm³/mol. The second-order valence-electron chi connectivity index (χ2n) is 6.29. The second kappa shape index (κ2) is 8.35. The van der Waals surface area contributed by atoms with Gasteiger partial charge in [-0.1, -0.05) is 6.07 Å². The van der Waals surface area contributed by atoms with Gasteiger partial charge in [0.15, 0.2) is 0 Å². The Labute approximate surface area is 161 Å². The number of hydrogen-bond acceptors (Lipinski definition) is 4. The van der Waals surface area contributed by atoms with Crippen LogP contribution in [0.4, 0.5) is 0 Å². The molecule has 0 saturated carbocycles. The summed E-state index contributed by atoms with van der Waals surface area (Å²) >= 11 is 0. The Morgan fingerprint density at radius 2 is 1.44 bits per heavy atom. The van der Waals surface area contributed by atoms with Gasteiger partial charge in [-0.3, -0.25) is 13.8 Å². The molecule has 1 heterocycles. The Hall–Kier alpha value is -2.67. The lowest BCUT2D eigenvalue weighted by Gasteiger charge is -2.35. The van der Waals surface area contributed by atoms with Crippen molar-refractivity contribution < 1.29 is 18.5 Å². The summed E-state index contributed by atoms with van der Waals surface area (Å²) in [6.07, 6.45) is 1.61. The van der Waals surface area contributed by atoms with Crippen LogP contribution in [0.2, 0.25) is 0 Å². The molecule has 142 valence electrons. The highest BCUT2D eigenvalue weighted by Crippen LogP contribution is 2.17. The molecule has 2 aromatic carbocycles. The molecule has 3 rings (SSSR count). The van der Waals surface area contributed by atoms with Gasteiger partial charge in [0.25, 0.3) is 11.8 Å². The van der Waals surface area contributed by atoms with Gasteiger partial charge in [0.1, 0.15) is 5.75 Å². The fraction of sp³-hybridized carbons (Fsp3) is 0.300. The van der Waals surface area contributed by atoms with Gasteiger partial charge in [-0.15, -0.1) is 0 Å². The van der Waals surface area contributed by atoms with Crippen LogP contribution in [0.15, 0.2) is 53.4 Å². The average molecular weight is 386 g/mol. The minimum Gasteiger partial charge on any atom is -0.497 e. The number of amides is 2. The maximum absolute atomic E-state index is 12.7. The van der Waals surface area contributed by atoms with Crippen molar-refractivity contribution in [2.45, 2.75) is 4.90 Å². The summed E-state index contributed by atoms with van der Waals surface area (Å²) < 4.78 is 16.6. The summed E-state index contributed by atoms with van der Waals surface area (Å²) in [6, 6.07) is 13.9. The zero-order chi connectivity index (χ0) is 19.4. The number of ether oxygens (including phenoxy) is 1. The van der Waals surface area contributed by atoms with E-state index in [0.29, 0.717) is 48.0 Å². The SMILES string of the molecule is COc1cccc(C(=O)N2CCN(C(=O)c3ccc(S(C)=O)cc3)CC2)c1. The van der Waals surface area contributed by atoms with Crippen molar-refractivity contribution in [2.75, 3.05) is 39.5 Å². The van der Waals surface area contributed by atoms with Crippen molar-refractivity contribution >= 4 is 22.6 Å². The molecule has 0 N–H and O–H groups in total. The summed E-state index contributed by atoms with van der Waals surface area (Å²) in [7, 11) is 0.504. The molecule has 27 heavy (non-hydrogen) atoms. The molecular weight excluding hydrogens is 364 g/mol. The van der Waals surface area contributed by atoms with E-state index in [9.17, 15) is 13.8 Å². The second-order valence-corrected chi connectivity index (χ2v) is 7.67. The van der Waals surface area contributed by atoms with E-state index in [1.807, 2.05) is 0 Å². The van der Waals surface area contributed by atoms with Crippen LogP contribution >= 0.6 is 0 Å². The molecule has 2 aromatic rings. The molecule has 1 fully saturated rings. The van der Waals surface area contributed by atoms with Gasteiger partial charge >= 0.3 is 0 Å². The topological polar surface area (TPSA) is 66.9 Å². The maximum Gasteiger partial charge on any atom is 0.254 e. The lowest BCUT2D eigenvalue weighted by atomic mass is 10.1. The number of benzene rings is 2. The molecule has 2 amide bonds. The van der Waals surface area contributed by atoms with Gasteiger partial charge in [0.2, 0.25) is 0 Å². The van der Waals surface area contributed by atoms with Crippen LogP contribution in [-0.4, -0.2) is 65.4 Å². The van der Waals surface area contributed by atoms with E-state index in [1.165, 1.54) is 0 Å². The Morgan fingerprint density at radius 3 is 1.96 bits per heavy atom. The molecule has 7 heteroatoms. The maximum atomic E-state index is 12.7. The smallest absolute Gasteiger partial charge is 0.254 e. The van der Waals surface area contributed by atoms with Gasteiger partial charge in [-0.25, -0.2) is 0 Å². The standard InChI is InChI=1S/C20H22N2O4S/c1-26-17-5-3-4-16(14-17)20(24)22-12-10-21(11-13-22)19(23)15-6-8-18(9-7-15)27(2)25/h3-9,14H,10-13H2,1-2H3. The Balaban J connectivity index is 1.61. The van der Waals surface area contributed by atoms with Crippen molar-refractivity contribution in [3.05, 3.63) is 59.7 Å². The Kier molecular flexibility index (Phi) is 5.91. The first-order valence-electron chi connectivity index (χ1n) is 8.65. The van der Waals surface area contributed by atoms with Crippen molar-refractivity contribution in [3.63, 3.8) is 0 Å². The normalized spacial score (nSPS) is 15.3. The largest absolute Gasteiger partial charge is 0.497 e. The van der Waals surface area contributed by atoms with Gasteiger partial charge in [-0.05, 0) is 42.5 Å². The lowest BCUT2D eigenvalue weighted by molar-refractivity contribution is 0.0535. The zero-order valence-corrected chi connectivity index (χ0v) is 16.2. The minimum atomic E-state index is -1.06. The molecule has 6 nitrogen and oxygen atoms in total. The molecule has 1 aliphatic heterocycles. The van der Waals surface area contributed by atoms with E-state index < -0.39 is 10.8 Å². The quantitative estimate of drug-likeness (QED) is 0.806. The number of rotatable bonds is 4. The van der Waals surface area contributed by atoms with Crippen molar-refractivity contribution in [1.29, 1.82) is 0 Å². The van der Waals surface area contributed by atoms with Crippen LogP contribution in [0.3, 0.4) is 0 Å². The minimum absolute atomic E-state index is 0.0595. The number of methoxy groups -OCH3 is 1. The van der Waals surface area contributed by atoms with Crippen LogP contribution in [0.1, 0.15) is 20.7 Å². The summed E-state index contributed by atoms with van der Waals surface area (Å²) in [5, 5.41) is 0. The van der Waals surface area contributed by atoms with Crippen molar-refractivity contribution in [2.24, 2.45) is 0 Å². The highest BCUT2D eigenvalue weighted by molar-refractivity contribution is 7.84. The number of nitrogens with zero attached hydrogens (tertiary/aromatic N) is 2. The molecule has 0 spiro atoms. The lowest BCUT2D eigenvalue weighted by Crippen LogP contribution is -2.50. The van der Waals surface area contributed by atoms with Gasteiger partial charge in [-0.2, -0.15) is 0 Å². The first-order chi connectivity index (χ1) is 13.0. The number of piperazine rings is 1. The highest BCUT2D eigenvalue weighted by Gasteiger charge is 2.25. The summed E-state index contributed by atoms with van der Waals surface area (Å²) in [4.78, 5) is 29.5. The molecule has 0 bridgehead atoms. The fourth-order valence-corrected chi connectivity index (χ4v) is 3.54. The van der Waals surface area contributed by atoms with Crippen LogP contribution < -0.4 is 4.74 Å². The molecule has 1 atom stereocenters. The van der Waals surface area contributed by atoms with Gasteiger partial charge < -0.3 is 14.5 Å². The van der Waals surface area contributed by atoms with Crippen LogP contribution in [-0.2, 0) is 10.8 Å². The third-order valence-electron chi connectivity index (χ3n) is 4.60. The number of carbonyl (C=O) groups is 2. The molecule has 1 unspecified atom stereocenters. The monoisotopic (exact) mass is 386 g/mol. The molecule has 0 aliphatic carbocycles. The van der Waals surface area contributed by atoms with Crippen LogP contribution in [0.5, 0.6) is 5.75 Å². The van der Waals surface area contributed by atoms with E-state index >= 15 is 0 Å². The first kappa shape index (κ1) is 19.1. The predicted octanol–water partition coefficient (Wildman–Crippen LogP) is 2.03. The van der Waals surface area contributed by atoms with E-state index in [4.69, 9.17) is 4.74 Å². The van der Waals surface area contributed by atoms with Gasteiger partial charge in [0, 0.05) is 59.3 Å². The first-order valence-corrected chi connectivity index (χ1v) is 10.2. The van der Waals surface area contributed by atoms with Crippen LogP contribution in [0, 0.1) is 0 Å². The highest BCUT2D eigenvalue weighted by atomic mass is 32.2. The molecular formula is C20H22N2O4S. The summed E-state index contributed by atoms with van der Waals surface area (Å²) in [5.41, 5.74) is 1.15. The molecule has 1 aliphatic rings.